The van der Waals surface area contributed by atoms with Gasteiger partial charge in [0.05, 0.1) is 26.4 Å². The van der Waals surface area contributed by atoms with Gasteiger partial charge < -0.3 is 24.7 Å². The van der Waals surface area contributed by atoms with Crippen LogP contribution in [0.2, 0.25) is 0 Å². The van der Waals surface area contributed by atoms with E-state index in [1.54, 1.807) is 9.80 Å². The monoisotopic (exact) mass is 269 g/mol. The van der Waals surface area contributed by atoms with Gasteiger partial charge in [-0.1, -0.05) is 0 Å². The Morgan fingerprint density at radius 3 is 2.37 bits per heavy atom. The Kier molecular flexibility index (Phi) is 6.89. The number of aliphatic hydroxyl groups is 2. The predicted molar refractivity (Wildman–Crippen MR) is 66.8 cm³/mol. The highest BCUT2D eigenvalue weighted by atomic mass is 16.5. The van der Waals surface area contributed by atoms with E-state index in [-0.39, 0.29) is 37.8 Å². The van der Waals surface area contributed by atoms with Crippen LogP contribution < -0.4 is 0 Å². The van der Waals surface area contributed by atoms with Crippen molar-refractivity contribution in [3.05, 3.63) is 11.8 Å². The molecule has 1 aliphatic heterocycles. The van der Waals surface area contributed by atoms with Crippen LogP contribution >= 0.6 is 0 Å². The lowest BCUT2D eigenvalue weighted by molar-refractivity contribution is -0.130. The van der Waals surface area contributed by atoms with Gasteiger partial charge in [-0.05, 0) is 0 Å². The zero-order valence-electron chi connectivity index (χ0n) is 10.8. The zero-order chi connectivity index (χ0) is 14.1. The summed E-state index contributed by atoms with van der Waals surface area (Å²) in [6, 6.07) is 1.87. The molecule has 0 aromatic rings. The minimum absolute atomic E-state index is 0.00352. The molecule has 0 bridgehead atoms. The molecule has 0 aliphatic carbocycles. The van der Waals surface area contributed by atoms with Crippen molar-refractivity contribution in [1.82, 2.24) is 9.80 Å². The lowest BCUT2D eigenvalue weighted by Gasteiger charge is -2.27. The maximum absolute atomic E-state index is 12.1. The van der Waals surface area contributed by atoms with Gasteiger partial charge in [0.2, 0.25) is 0 Å². The molecule has 1 aliphatic rings. The largest absolute Gasteiger partial charge is 0.395 e. The van der Waals surface area contributed by atoms with E-state index in [4.69, 9.17) is 20.2 Å². The van der Waals surface area contributed by atoms with Crippen LogP contribution in [0.15, 0.2) is 11.8 Å². The molecule has 0 atom stereocenters. The zero-order valence-corrected chi connectivity index (χ0v) is 10.8. The van der Waals surface area contributed by atoms with Crippen LogP contribution in [-0.2, 0) is 9.53 Å². The molecular formula is C12H19N3O4. The van der Waals surface area contributed by atoms with E-state index in [2.05, 4.69) is 0 Å². The molecule has 2 N–H and O–H groups in total. The number of nitrogens with zero attached hydrogens (tertiary/aromatic N) is 3. The van der Waals surface area contributed by atoms with Crippen LogP contribution in [0, 0.1) is 11.3 Å². The van der Waals surface area contributed by atoms with Crippen LogP contribution in [0.4, 0.5) is 0 Å². The summed E-state index contributed by atoms with van der Waals surface area (Å²) in [5.41, 5.74) is 0.00352. The minimum Gasteiger partial charge on any atom is -0.395 e. The standard InChI is InChI=1S/C12H19N3O4/c13-9-11(10-14(1-5-16)2-6-17)12(18)15-3-7-19-8-4-15/h10,16-17H,1-8H2/b11-10-. The molecular weight excluding hydrogens is 250 g/mol. The number of aliphatic hydroxyl groups excluding tert-OH is 2. The third kappa shape index (κ3) is 4.87. The maximum Gasteiger partial charge on any atom is 0.266 e. The normalized spacial score (nSPS) is 16.1. The highest BCUT2D eigenvalue weighted by Gasteiger charge is 2.21. The number of hydrogen-bond acceptors (Lipinski definition) is 6. The number of carbonyl (C=O) groups excluding carboxylic acids is 1. The van der Waals surface area contributed by atoms with Crippen molar-refractivity contribution in [2.45, 2.75) is 0 Å². The number of hydrogen-bond donors (Lipinski definition) is 2. The first-order valence-corrected chi connectivity index (χ1v) is 6.17. The fourth-order valence-corrected chi connectivity index (χ4v) is 1.75. The molecule has 1 heterocycles. The fraction of sp³-hybridized carbons (Fsp3) is 0.667. The van der Waals surface area contributed by atoms with Crippen LogP contribution in [-0.4, -0.2) is 78.5 Å². The van der Waals surface area contributed by atoms with E-state index >= 15 is 0 Å². The topological polar surface area (TPSA) is 97.0 Å². The molecule has 7 nitrogen and oxygen atoms in total. The maximum atomic E-state index is 12.1. The minimum atomic E-state index is -0.341. The number of amides is 1. The molecule has 1 fully saturated rings. The Morgan fingerprint density at radius 1 is 1.32 bits per heavy atom. The first-order valence-electron chi connectivity index (χ1n) is 6.17. The second-order valence-electron chi connectivity index (χ2n) is 4.04. The Balaban J connectivity index is 2.73. The molecule has 0 unspecified atom stereocenters. The molecule has 1 amide bonds. The molecule has 0 spiro atoms. The Labute approximate surface area is 112 Å². The SMILES string of the molecule is N#C/C(=C/N(CCO)CCO)C(=O)N1CCOCC1. The van der Waals surface area contributed by atoms with Crippen molar-refractivity contribution in [2.24, 2.45) is 0 Å². The number of rotatable bonds is 6. The van der Waals surface area contributed by atoms with Crippen molar-refractivity contribution in [1.29, 1.82) is 5.26 Å². The molecule has 7 heteroatoms. The molecule has 0 aromatic carbocycles. The Hall–Kier alpha value is -1.62. The summed E-state index contributed by atoms with van der Waals surface area (Å²) in [4.78, 5) is 15.2. The summed E-state index contributed by atoms with van der Waals surface area (Å²) >= 11 is 0. The van der Waals surface area contributed by atoms with Crippen LogP contribution in [0.1, 0.15) is 0 Å². The van der Waals surface area contributed by atoms with Gasteiger partial charge in [-0.25, -0.2) is 0 Å². The predicted octanol–water partition coefficient (Wildman–Crippen LogP) is -1.46. The Morgan fingerprint density at radius 2 is 1.89 bits per heavy atom. The highest BCUT2D eigenvalue weighted by Crippen LogP contribution is 2.06. The van der Waals surface area contributed by atoms with Gasteiger partial charge >= 0.3 is 0 Å². The van der Waals surface area contributed by atoms with Crippen molar-refractivity contribution in [3.63, 3.8) is 0 Å². The van der Waals surface area contributed by atoms with E-state index in [0.717, 1.165) is 0 Å². The van der Waals surface area contributed by atoms with Gasteiger partial charge in [0.1, 0.15) is 11.6 Å². The summed E-state index contributed by atoms with van der Waals surface area (Å²) < 4.78 is 5.15. The van der Waals surface area contributed by atoms with Crippen molar-refractivity contribution < 1.29 is 19.7 Å². The summed E-state index contributed by atoms with van der Waals surface area (Å²) in [7, 11) is 0. The second-order valence-corrected chi connectivity index (χ2v) is 4.04. The number of nitriles is 1. The van der Waals surface area contributed by atoms with E-state index in [9.17, 15) is 4.79 Å². The van der Waals surface area contributed by atoms with Crippen molar-refractivity contribution in [2.75, 3.05) is 52.6 Å². The Bertz CT molecular complexity index is 352. The molecule has 106 valence electrons. The van der Waals surface area contributed by atoms with Crippen LogP contribution in [0.5, 0.6) is 0 Å². The average molecular weight is 269 g/mol. The van der Waals surface area contributed by atoms with Crippen LogP contribution in [0.25, 0.3) is 0 Å². The average Bonchev–Trinajstić information content (AvgIpc) is 2.45. The van der Waals surface area contributed by atoms with Gasteiger partial charge in [0, 0.05) is 32.4 Å². The van der Waals surface area contributed by atoms with E-state index in [1.165, 1.54) is 6.20 Å². The summed E-state index contributed by atoms with van der Waals surface area (Å²) in [5.74, 6) is -0.341. The van der Waals surface area contributed by atoms with Gasteiger partial charge in [-0.3, -0.25) is 4.79 Å². The third-order valence-corrected chi connectivity index (χ3v) is 2.74. The van der Waals surface area contributed by atoms with E-state index in [1.807, 2.05) is 6.07 Å². The molecule has 0 aromatic heterocycles. The van der Waals surface area contributed by atoms with E-state index in [0.29, 0.717) is 26.3 Å². The van der Waals surface area contributed by atoms with Gasteiger partial charge in [-0.2, -0.15) is 5.26 Å². The third-order valence-electron chi connectivity index (χ3n) is 2.74. The number of carbonyl (C=O) groups is 1. The van der Waals surface area contributed by atoms with E-state index < -0.39 is 0 Å². The smallest absolute Gasteiger partial charge is 0.266 e. The first-order chi connectivity index (χ1) is 9.22. The molecule has 1 rings (SSSR count). The number of morpholine rings is 1. The summed E-state index contributed by atoms with van der Waals surface area (Å²) in [5, 5.41) is 26.8. The quantitative estimate of drug-likeness (QED) is 0.452. The molecule has 19 heavy (non-hydrogen) atoms. The van der Waals surface area contributed by atoms with Crippen molar-refractivity contribution in [3.8, 4) is 6.07 Å². The lowest BCUT2D eigenvalue weighted by atomic mass is 10.2. The van der Waals surface area contributed by atoms with Gasteiger partial charge in [0.15, 0.2) is 0 Å². The van der Waals surface area contributed by atoms with Crippen LogP contribution in [0.3, 0.4) is 0 Å². The second kappa shape index (κ2) is 8.48. The molecule has 1 saturated heterocycles. The fourth-order valence-electron chi connectivity index (χ4n) is 1.75. The lowest BCUT2D eigenvalue weighted by Crippen LogP contribution is -2.41. The van der Waals surface area contributed by atoms with Crippen molar-refractivity contribution >= 4 is 5.91 Å². The van der Waals surface area contributed by atoms with Gasteiger partial charge in [-0.15, -0.1) is 0 Å². The first kappa shape index (κ1) is 15.4. The summed E-state index contributed by atoms with van der Waals surface area (Å²) in [6.07, 6.45) is 1.39. The highest BCUT2D eigenvalue weighted by molar-refractivity contribution is 5.97. The van der Waals surface area contributed by atoms with Gasteiger partial charge in [0.25, 0.3) is 5.91 Å². The number of ether oxygens (including phenoxy) is 1. The summed E-state index contributed by atoms with van der Waals surface area (Å²) in [6.45, 7) is 2.20. The molecule has 0 saturated carbocycles. The molecule has 0 radical (unpaired) electrons.